The van der Waals surface area contributed by atoms with Gasteiger partial charge >= 0.3 is 0 Å². The normalized spacial score (nSPS) is 11.0. The van der Waals surface area contributed by atoms with Gasteiger partial charge in [0.1, 0.15) is 12.4 Å². The number of fused-ring (bicyclic) bond motifs is 1. The van der Waals surface area contributed by atoms with Gasteiger partial charge in [0.15, 0.2) is 0 Å². The summed E-state index contributed by atoms with van der Waals surface area (Å²) in [5, 5.41) is 4.67. The van der Waals surface area contributed by atoms with Crippen molar-refractivity contribution >= 4 is 10.9 Å². The Bertz CT molecular complexity index is 734. The molecule has 3 rings (SSSR count). The van der Waals surface area contributed by atoms with Crippen molar-refractivity contribution < 1.29 is 4.74 Å². The highest BCUT2D eigenvalue weighted by Crippen LogP contribution is 2.29. The van der Waals surface area contributed by atoms with Crippen molar-refractivity contribution in [3.8, 4) is 5.75 Å². The summed E-state index contributed by atoms with van der Waals surface area (Å²) in [7, 11) is 0. The van der Waals surface area contributed by atoms with Crippen LogP contribution in [-0.4, -0.2) is 18.1 Å². The van der Waals surface area contributed by atoms with E-state index in [9.17, 15) is 0 Å². The Morgan fingerprint density at radius 2 is 1.87 bits per heavy atom. The molecule has 23 heavy (non-hydrogen) atoms. The van der Waals surface area contributed by atoms with E-state index >= 15 is 0 Å². The number of benzene rings is 2. The lowest BCUT2D eigenvalue weighted by molar-refractivity contribution is 0.310. The van der Waals surface area contributed by atoms with E-state index in [1.54, 1.807) is 0 Å². The van der Waals surface area contributed by atoms with Gasteiger partial charge in [-0.15, -0.1) is 0 Å². The van der Waals surface area contributed by atoms with Crippen LogP contribution in [0.1, 0.15) is 24.5 Å². The molecule has 3 heteroatoms. The molecule has 0 fully saturated rings. The highest BCUT2D eigenvalue weighted by atomic mass is 16.5. The molecule has 3 aromatic rings. The number of nitrogens with one attached hydrogen (secondary N) is 2. The SMILES string of the molecule is CCCNCCc1c[nH]c2cccc(OCc3ccccc3)c12. The Morgan fingerprint density at radius 3 is 2.70 bits per heavy atom. The van der Waals surface area contributed by atoms with Crippen LogP contribution in [0.4, 0.5) is 0 Å². The first-order valence-corrected chi connectivity index (χ1v) is 8.35. The molecule has 0 spiro atoms. The quantitative estimate of drug-likeness (QED) is 0.609. The van der Waals surface area contributed by atoms with Crippen molar-refractivity contribution in [2.45, 2.75) is 26.4 Å². The Labute approximate surface area is 137 Å². The predicted octanol–water partition coefficient (Wildman–Crippen LogP) is 4.29. The van der Waals surface area contributed by atoms with E-state index in [1.807, 2.05) is 24.3 Å². The molecule has 0 aliphatic heterocycles. The highest BCUT2D eigenvalue weighted by molar-refractivity contribution is 5.89. The van der Waals surface area contributed by atoms with Gasteiger partial charge in [0, 0.05) is 17.1 Å². The topological polar surface area (TPSA) is 37.0 Å². The third kappa shape index (κ3) is 3.93. The van der Waals surface area contributed by atoms with Gasteiger partial charge in [0.2, 0.25) is 0 Å². The summed E-state index contributed by atoms with van der Waals surface area (Å²) in [4.78, 5) is 3.36. The maximum absolute atomic E-state index is 6.09. The van der Waals surface area contributed by atoms with Gasteiger partial charge in [-0.2, -0.15) is 0 Å². The fourth-order valence-electron chi connectivity index (χ4n) is 2.80. The lowest BCUT2D eigenvalue weighted by Gasteiger charge is -2.09. The van der Waals surface area contributed by atoms with Gasteiger partial charge in [-0.05, 0) is 49.2 Å². The molecular formula is C20H24N2O. The van der Waals surface area contributed by atoms with Gasteiger partial charge in [-0.25, -0.2) is 0 Å². The van der Waals surface area contributed by atoms with Crippen LogP contribution in [-0.2, 0) is 13.0 Å². The zero-order chi connectivity index (χ0) is 15.9. The number of aromatic nitrogens is 1. The molecule has 0 saturated carbocycles. The van der Waals surface area contributed by atoms with E-state index in [0.717, 1.165) is 30.8 Å². The molecule has 0 aliphatic rings. The fraction of sp³-hybridized carbons (Fsp3) is 0.300. The summed E-state index contributed by atoms with van der Waals surface area (Å²) in [5.74, 6) is 0.957. The second kappa shape index (κ2) is 7.84. The summed E-state index contributed by atoms with van der Waals surface area (Å²) in [5.41, 5.74) is 3.64. The third-order valence-corrected chi connectivity index (χ3v) is 3.98. The minimum Gasteiger partial charge on any atom is -0.488 e. The molecule has 2 N–H and O–H groups in total. The molecular weight excluding hydrogens is 284 g/mol. The van der Waals surface area contributed by atoms with Gasteiger partial charge in [0.25, 0.3) is 0 Å². The lowest BCUT2D eigenvalue weighted by atomic mass is 10.1. The van der Waals surface area contributed by atoms with Crippen molar-refractivity contribution in [3.05, 3.63) is 65.9 Å². The summed E-state index contributed by atoms with van der Waals surface area (Å²) < 4.78 is 6.09. The van der Waals surface area contributed by atoms with Crippen LogP contribution in [0.3, 0.4) is 0 Å². The van der Waals surface area contributed by atoms with E-state index in [-0.39, 0.29) is 0 Å². The molecule has 0 bridgehead atoms. The number of hydrogen-bond donors (Lipinski definition) is 2. The second-order valence-electron chi connectivity index (χ2n) is 5.77. The minimum atomic E-state index is 0.596. The molecule has 0 saturated heterocycles. The molecule has 0 radical (unpaired) electrons. The predicted molar refractivity (Wildman–Crippen MR) is 95.9 cm³/mol. The molecule has 0 aliphatic carbocycles. The number of rotatable bonds is 8. The van der Waals surface area contributed by atoms with Gasteiger partial charge in [0.05, 0.1) is 0 Å². The number of hydrogen-bond acceptors (Lipinski definition) is 2. The Balaban J connectivity index is 1.75. The molecule has 3 nitrogen and oxygen atoms in total. The van der Waals surface area contributed by atoms with Crippen molar-refractivity contribution in [3.63, 3.8) is 0 Å². The molecule has 0 unspecified atom stereocenters. The fourth-order valence-corrected chi connectivity index (χ4v) is 2.80. The van der Waals surface area contributed by atoms with E-state index in [1.165, 1.54) is 22.9 Å². The first-order valence-electron chi connectivity index (χ1n) is 8.35. The van der Waals surface area contributed by atoms with Crippen LogP contribution in [0.25, 0.3) is 10.9 Å². The zero-order valence-electron chi connectivity index (χ0n) is 13.6. The summed E-state index contributed by atoms with van der Waals surface area (Å²) in [6, 6.07) is 16.5. The minimum absolute atomic E-state index is 0.596. The van der Waals surface area contributed by atoms with Crippen LogP contribution in [0.15, 0.2) is 54.7 Å². The summed E-state index contributed by atoms with van der Waals surface area (Å²) in [6.07, 6.45) is 4.28. The molecule has 0 atom stereocenters. The van der Waals surface area contributed by atoms with Gasteiger partial charge in [-0.3, -0.25) is 0 Å². The monoisotopic (exact) mass is 308 g/mol. The van der Waals surface area contributed by atoms with Crippen LogP contribution < -0.4 is 10.1 Å². The number of ether oxygens (including phenoxy) is 1. The van der Waals surface area contributed by atoms with Gasteiger partial charge in [-0.1, -0.05) is 43.3 Å². The van der Waals surface area contributed by atoms with Crippen LogP contribution in [0.2, 0.25) is 0 Å². The maximum Gasteiger partial charge on any atom is 0.129 e. The first-order chi connectivity index (χ1) is 11.4. The van der Waals surface area contributed by atoms with Crippen molar-refractivity contribution in [1.29, 1.82) is 0 Å². The Kier molecular flexibility index (Phi) is 5.33. The molecule has 1 heterocycles. The smallest absolute Gasteiger partial charge is 0.129 e. The zero-order valence-corrected chi connectivity index (χ0v) is 13.6. The van der Waals surface area contributed by atoms with Crippen molar-refractivity contribution in [1.82, 2.24) is 10.3 Å². The second-order valence-corrected chi connectivity index (χ2v) is 5.77. The van der Waals surface area contributed by atoms with E-state index < -0.39 is 0 Å². The average molecular weight is 308 g/mol. The van der Waals surface area contributed by atoms with Crippen LogP contribution >= 0.6 is 0 Å². The van der Waals surface area contributed by atoms with Gasteiger partial charge < -0.3 is 15.0 Å². The Morgan fingerprint density at radius 1 is 1.00 bits per heavy atom. The number of aromatic amines is 1. The molecule has 2 aromatic carbocycles. The molecule has 1 aromatic heterocycles. The average Bonchev–Trinajstić information content (AvgIpc) is 3.02. The van der Waals surface area contributed by atoms with Crippen LogP contribution in [0.5, 0.6) is 5.75 Å². The standard InChI is InChI=1S/C20H24N2O/c1-2-12-21-13-11-17-14-22-18-9-6-10-19(20(17)18)23-15-16-7-4-3-5-8-16/h3-10,14,21-22H,2,11-13,15H2,1H3. The molecule has 0 amide bonds. The van der Waals surface area contributed by atoms with Crippen molar-refractivity contribution in [2.75, 3.05) is 13.1 Å². The van der Waals surface area contributed by atoms with E-state index in [0.29, 0.717) is 6.61 Å². The van der Waals surface area contributed by atoms with Crippen LogP contribution in [0, 0.1) is 0 Å². The first kappa shape index (κ1) is 15.6. The van der Waals surface area contributed by atoms with Crippen molar-refractivity contribution in [2.24, 2.45) is 0 Å². The number of H-pyrrole nitrogens is 1. The summed E-state index contributed by atoms with van der Waals surface area (Å²) >= 11 is 0. The molecule has 120 valence electrons. The lowest BCUT2D eigenvalue weighted by Crippen LogP contribution is -2.17. The summed E-state index contributed by atoms with van der Waals surface area (Å²) in [6.45, 7) is 4.85. The maximum atomic E-state index is 6.09. The van der Waals surface area contributed by atoms with E-state index in [4.69, 9.17) is 4.74 Å². The largest absolute Gasteiger partial charge is 0.488 e. The van der Waals surface area contributed by atoms with E-state index in [2.05, 4.69) is 47.7 Å². The Hall–Kier alpha value is -2.26. The highest BCUT2D eigenvalue weighted by Gasteiger charge is 2.09. The third-order valence-electron chi connectivity index (χ3n) is 3.98.